The number of piperidine rings is 1. The van der Waals surface area contributed by atoms with Crippen LogP contribution in [0.25, 0.3) is 0 Å². The molecule has 25 heavy (non-hydrogen) atoms. The van der Waals surface area contributed by atoms with Crippen LogP contribution in [0.4, 0.5) is 6.01 Å². The summed E-state index contributed by atoms with van der Waals surface area (Å²) >= 11 is 0. The largest absolute Gasteiger partial charge is 0.405 e. The van der Waals surface area contributed by atoms with E-state index >= 15 is 0 Å². The van der Waals surface area contributed by atoms with E-state index in [-0.39, 0.29) is 0 Å². The first-order valence-corrected chi connectivity index (χ1v) is 9.37. The molecule has 0 radical (unpaired) electrons. The molecule has 0 atom stereocenters. The lowest BCUT2D eigenvalue weighted by molar-refractivity contribution is 0.00314. The standard InChI is InChI=1S/C18H28N6O/c1-14-21-17(25-22-14)24-10-5-18(13-24)11-16(12-18)23-8-3-15(4-9-23)20-7-2-6-19/h2,6-7,15-16H,3-5,8-13,19H2,1H3. The molecule has 1 aromatic heterocycles. The van der Waals surface area contributed by atoms with Crippen molar-refractivity contribution in [3.8, 4) is 0 Å². The van der Waals surface area contributed by atoms with Crippen molar-refractivity contribution in [3.05, 3.63) is 18.1 Å². The van der Waals surface area contributed by atoms with E-state index in [0.29, 0.717) is 17.5 Å². The number of hydrogen-bond donors (Lipinski definition) is 1. The molecule has 1 spiro atoms. The van der Waals surface area contributed by atoms with E-state index in [1.54, 1.807) is 6.08 Å². The molecular weight excluding hydrogens is 316 g/mol. The minimum Gasteiger partial charge on any atom is -0.405 e. The highest BCUT2D eigenvalue weighted by atomic mass is 16.5. The Labute approximate surface area is 149 Å². The molecule has 7 heteroatoms. The van der Waals surface area contributed by atoms with Crippen molar-refractivity contribution in [2.24, 2.45) is 16.1 Å². The Balaban J connectivity index is 1.24. The van der Waals surface area contributed by atoms with Crippen LogP contribution in [0, 0.1) is 12.3 Å². The highest BCUT2D eigenvalue weighted by Crippen LogP contribution is 2.51. The Morgan fingerprint density at radius 1 is 1.28 bits per heavy atom. The molecule has 2 N–H and O–H groups in total. The van der Waals surface area contributed by atoms with Crippen LogP contribution in [0.5, 0.6) is 0 Å². The maximum Gasteiger partial charge on any atom is 0.324 e. The topological polar surface area (TPSA) is 83.8 Å². The Hall–Kier alpha value is -1.89. The summed E-state index contributed by atoms with van der Waals surface area (Å²) < 4.78 is 5.33. The van der Waals surface area contributed by atoms with Gasteiger partial charge < -0.3 is 20.1 Å². The van der Waals surface area contributed by atoms with Gasteiger partial charge >= 0.3 is 6.01 Å². The van der Waals surface area contributed by atoms with Crippen molar-refractivity contribution in [1.82, 2.24) is 15.0 Å². The molecule has 3 aliphatic rings. The molecule has 3 heterocycles. The Bertz CT molecular complexity index is 640. The number of nitrogens with two attached hydrogens (primary N) is 1. The molecule has 0 amide bonds. The summed E-state index contributed by atoms with van der Waals surface area (Å²) in [5.41, 5.74) is 5.81. The number of aliphatic imine (C=N–C) groups is 1. The minimum atomic E-state index is 0.462. The minimum absolute atomic E-state index is 0.462. The van der Waals surface area contributed by atoms with Crippen LogP contribution >= 0.6 is 0 Å². The lowest BCUT2D eigenvalue weighted by Gasteiger charge is -2.51. The van der Waals surface area contributed by atoms with E-state index < -0.39 is 0 Å². The van der Waals surface area contributed by atoms with Crippen molar-refractivity contribution in [2.45, 2.75) is 51.1 Å². The van der Waals surface area contributed by atoms with Crippen molar-refractivity contribution in [1.29, 1.82) is 0 Å². The summed E-state index contributed by atoms with van der Waals surface area (Å²) in [5.74, 6) is 0.718. The molecule has 0 bridgehead atoms. The molecule has 1 aromatic rings. The van der Waals surface area contributed by atoms with E-state index in [1.165, 1.54) is 38.6 Å². The number of aromatic nitrogens is 2. The van der Waals surface area contributed by atoms with Crippen LogP contribution in [0.1, 0.15) is 37.9 Å². The predicted octanol–water partition coefficient (Wildman–Crippen LogP) is 1.74. The van der Waals surface area contributed by atoms with Crippen molar-refractivity contribution in [3.63, 3.8) is 0 Å². The van der Waals surface area contributed by atoms with Crippen LogP contribution in [-0.2, 0) is 0 Å². The summed E-state index contributed by atoms with van der Waals surface area (Å²) in [6.07, 6.45) is 11.4. The maximum atomic E-state index is 5.34. The second-order valence-corrected chi connectivity index (χ2v) is 7.81. The van der Waals surface area contributed by atoms with Crippen LogP contribution in [0.2, 0.25) is 0 Å². The lowest BCUT2D eigenvalue weighted by Crippen LogP contribution is -2.54. The smallest absolute Gasteiger partial charge is 0.324 e. The van der Waals surface area contributed by atoms with Crippen LogP contribution < -0.4 is 10.6 Å². The van der Waals surface area contributed by atoms with Gasteiger partial charge in [0.1, 0.15) is 0 Å². The van der Waals surface area contributed by atoms with Gasteiger partial charge in [-0.2, -0.15) is 4.98 Å². The van der Waals surface area contributed by atoms with Gasteiger partial charge in [-0.25, -0.2) is 0 Å². The first-order valence-electron chi connectivity index (χ1n) is 9.37. The summed E-state index contributed by atoms with van der Waals surface area (Å²) in [4.78, 5) is 13.9. The van der Waals surface area contributed by atoms with Gasteiger partial charge in [0.05, 0.1) is 6.04 Å². The van der Waals surface area contributed by atoms with Gasteiger partial charge in [0.2, 0.25) is 0 Å². The van der Waals surface area contributed by atoms with Crippen molar-refractivity contribution < 1.29 is 4.52 Å². The van der Waals surface area contributed by atoms with E-state index in [9.17, 15) is 0 Å². The molecule has 3 fully saturated rings. The normalized spacial score (nSPS) is 31.6. The molecule has 7 nitrogen and oxygen atoms in total. The summed E-state index contributed by atoms with van der Waals surface area (Å²) in [6, 6.07) is 1.91. The lowest BCUT2D eigenvalue weighted by atomic mass is 9.64. The summed E-state index contributed by atoms with van der Waals surface area (Å²) in [7, 11) is 0. The SMILES string of the molecule is Cc1noc(N2CCC3(CC(N4CCC(N=CC=CN)CC4)C3)C2)n1. The predicted molar refractivity (Wildman–Crippen MR) is 97.7 cm³/mol. The fourth-order valence-electron chi connectivity index (χ4n) is 4.67. The highest BCUT2D eigenvalue weighted by molar-refractivity contribution is 5.70. The van der Waals surface area contributed by atoms with E-state index in [1.807, 2.05) is 13.1 Å². The number of anilines is 1. The Morgan fingerprint density at radius 2 is 2.08 bits per heavy atom. The van der Waals surface area contributed by atoms with Crippen LogP contribution in [-0.4, -0.2) is 59.5 Å². The summed E-state index contributed by atoms with van der Waals surface area (Å²) in [6.45, 7) is 6.32. The molecule has 1 saturated carbocycles. The average Bonchev–Trinajstić information content (AvgIpc) is 3.21. The zero-order valence-corrected chi connectivity index (χ0v) is 15.0. The van der Waals surface area contributed by atoms with Gasteiger partial charge in [-0.15, -0.1) is 0 Å². The highest BCUT2D eigenvalue weighted by Gasteiger charge is 2.51. The fraction of sp³-hybridized carbons (Fsp3) is 0.722. The summed E-state index contributed by atoms with van der Waals surface area (Å²) in [5, 5.41) is 3.92. The molecule has 0 aromatic carbocycles. The quantitative estimate of drug-likeness (QED) is 0.838. The Kier molecular flexibility index (Phi) is 4.50. The number of hydrogen-bond acceptors (Lipinski definition) is 7. The van der Waals surface area contributed by atoms with Gasteiger partial charge in [0.15, 0.2) is 5.82 Å². The molecule has 2 saturated heterocycles. The van der Waals surface area contributed by atoms with Gasteiger partial charge in [-0.3, -0.25) is 4.99 Å². The molecule has 4 rings (SSSR count). The van der Waals surface area contributed by atoms with Crippen LogP contribution in [0.3, 0.4) is 0 Å². The van der Waals surface area contributed by atoms with E-state index in [0.717, 1.165) is 37.8 Å². The fourth-order valence-corrected chi connectivity index (χ4v) is 4.67. The van der Waals surface area contributed by atoms with Gasteiger partial charge in [-0.05, 0) is 56.7 Å². The third kappa shape index (κ3) is 3.42. The number of likely N-dealkylation sites (tertiary alicyclic amines) is 1. The van der Waals surface area contributed by atoms with E-state index in [4.69, 9.17) is 10.3 Å². The first kappa shape index (κ1) is 16.6. The van der Waals surface area contributed by atoms with E-state index in [2.05, 4.69) is 24.9 Å². The third-order valence-electron chi connectivity index (χ3n) is 6.07. The van der Waals surface area contributed by atoms with Crippen molar-refractivity contribution >= 4 is 12.2 Å². The average molecular weight is 344 g/mol. The number of nitrogens with zero attached hydrogens (tertiary/aromatic N) is 5. The zero-order chi connectivity index (χ0) is 17.3. The second kappa shape index (κ2) is 6.78. The molecular formula is C18H28N6O. The Morgan fingerprint density at radius 3 is 2.76 bits per heavy atom. The number of aryl methyl sites for hydroxylation is 1. The van der Waals surface area contributed by atoms with Crippen LogP contribution in [0.15, 0.2) is 21.8 Å². The molecule has 0 unspecified atom stereocenters. The van der Waals surface area contributed by atoms with Gasteiger partial charge in [0, 0.05) is 38.4 Å². The van der Waals surface area contributed by atoms with Crippen molar-refractivity contribution in [2.75, 3.05) is 31.1 Å². The molecule has 136 valence electrons. The second-order valence-electron chi connectivity index (χ2n) is 7.81. The first-order chi connectivity index (χ1) is 12.2. The zero-order valence-electron chi connectivity index (χ0n) is 15.0. The maximum absolute atomic E-state index is 5.34. The number of allylic oxidation sites excluding steroid dienone is 1. The van der Waals surface area contributed by atoms with Gasteiger partial charge in [-0.1, -0.05) is 5.16 Å². The molecule has 2 aliphatic heterocycles. The number of rotatable bonds is 4. The monoisotopic (exact) mass is 344 g/mol. The van der Waals surface area contributed by atoms with Gasteiger partial charge in [0.25, 0.3) is 0 Å². The third-order valence-corrected chi connectivity index (χ3v) is 6.07. The molecule has 1 aliphatic carbocycles.